The summed E-state index contributed by atoms with van der Waals surface area (Å²) in [6.07, 6.45) is 2.29. The first-order valence-corrected chi connectivity index (χ1v) is 10.7. The molecule has 1 atom stereocenters. The number of nitrogens with zero attached hydrogens (tertiary/aromatic N) is 2. The predicted octanol–water partition coefficient (Wildman–Crippen LogP) is 3.59. The number of methoxy groups -OCH3 is 2. The highest BCUT2D eigenvalue weighted by Crippen LogP contribution is 2.27. The Kier molecular flexibility index (Phi) is 6.84. The number of carbonyl (C=O) groups excluding carboxylic acids is 1. The van der Waals surface area contributed by atoms with Crippen LogP contribution in [0.2, 0.25) is 0 Å². The molecule has 0 unspecified atom stereocenters. The fraction of sp³-hybridized carbons (Fsp3) is 0.417. The van der Waals surface area contributed by atoms with Crippen LogP contribution in [0.25, 0.3) is 22.6 Å². The summed E-state index contributed by atoms with van der Waals surface area (Å²) in [5.74, 6) is 1.62. The van der Waals surface area contributed by atoms with Gasteiger partial charge in [0.1, 0.15) is 11.3 Å². The normalized spacial score (nSPS) is 17.0. The van der Waals surface area contributed by atoms with Gasteiger partial charge < -0.3 is 24.1 Å². The molecule has 2 heterocycles. The molecular weight excluding hydrogens is 394 g/mol. The molecule has 0 spiro atoms. The van der Waals surface area contributed by atoms with Crippen molar-refractivity contribution >= 4 is 17.0 Å². The third kappa shape index (κ3) is 5.24. The van der Waals surface area contributed by atoms with Crippen LogP contribution in [0.1, 0.15) is 23.2 Å². The summed E-state index contributed by atoms with van der Waals surface area (Å²) in [5.41, 5.74) is 2.72. The average molecular weight is 424 g/mol. The molecule has 31 heavy (non-hydrogen) atoms. The first kappa shape index (κ1) is 21.3. The number of benzene rings is 2. The molecular formula is C24H29N3O4. The van der Waals surface area contributed by atoms with Gasteiger partial charge in [0, 0.05) is 37.9 Å². The first-order chi connectivity index (χ1) is 15.2. The quantitative estimate of drug-likeness (QED) is 0.597. The number of hydrogen-bond acceptors (Lipinski definition) is 6. The van der Waals surface area contributed by atoms with Gasteiger partial charge in [-0.2, -0.15) is 0 Å². The molecule has 1 fully saturated rings. The summed E-state index contributed by atoms with van der Waals surface area (Å²) in [6, 6.07) is 12.9. The molecule has 0 aliphatic carbocycles. The van der Waals surface area contributed by atoms with Gasteiger partial charge in [-0.05, 0) is 61.7 Å². The van der Waals surface area contributed by atoms with Crippen LogP contribution < -0.4 is 10.1 Å². The molecule has 0 bridgehead atoms. The van der Waals surface area contributed by atoms with E-state index in [0.717, 1.165) is 55.9 Å². The van der Waals surface area contributed by atoms with Crippen molar-refractivity contribution in [3.8, 4) is 17.2 Å². The van der Waals surface area contributed by atoms with Crippen molar-refractivity contribution in [3.05, 3.63) is 48.0 Å². The van der Waals surface area contributed by atoms with Crippen molar-refractivity contribution in [2.45, 2.75) is 12.8 Å². The highest BCUT2D eigenvalue weighted by Gasteiger charge is 2.20. The fourth-order valence-corrected chi connectivity index (χ4v) is 4.03. The largest absolute Gasteiger partial charge is 0.497 e. The summed E-state index contributed by atoms with van der Waals surface area (Å²) < 4.78 is 16.4. The molecule has 1 aromatic heterocycles. The number of aromatic nitrogens is 1. The van der Waals surface area contributed by atoms with Crippen molar-refractivity contribution in [1.29, 1.82) is 0 Å². The Balaban J connectivity index is 1.40. The summed E-state index contributed by atoms with van der Waals surface area (Å²) in [6.45, 7) is 4.46. The van der Waals surface area contributed by atoms with Crippen LogP contribution in [0.4, 0.5) is 0 Å². The Labute approximate surface area is 182 Å². The van der Waals surface area contributed by atoms with Crippen LogP contribution in [0.15, 0.2) is 46.9 Å². The predicted molar refractivity (Wildman–Crippen MR) is 119 cm³/mol. The number of fused-ring (bicyclic) bond motifs is 1. The van der Waals surface area contributed by atoms with Gasteiger partial charge in [-0.3, -0.25) is 4.79 Å². The van der Waals surface area contributed by atoms with Gasteiger partial charge in [0.15, 0.2) is 5.58 Å². The lowest BCUT2D eigenvalue weighted by molar-refractivity contribution is 0.0913. The second-order valence-corrected chi connectivity index (χ2v) is 7.95. The monoisotopic (exact) mass is 423 g/mol. The summed E-state index contributed by atoms with van der Waals surface area (Å²) >= 11 is 0. The zero-order chi connectivity index (χ0) is 21.6. The molecule has 0 radical (unpaired) electrons. The van der Waals surface area contributed by atoms with Crippen LogP contribution in [-0.4, -0.2) is 62.8 Å². The number of likely N-dealkylation sites (tertiary alicyclic amines) is 1. The van der Waals surface area contributed by atoms with E-state index in [1.165, 1.54) is 0 Å². The number of ether oxygens (including phenoxy) is 2. The highest BCUT2D eigenvalue weighted by molar-refractivity contribution is 5.97. The molecule has 7 heteroatoms. The van der Waals surface area contributed by atoms with E-state index in [0.29, 0.717) is 29.5 Å². The molecule has 1 aliphatic rings. The van der Waals surface area contributed by atoms with Crippen LogP contribution in [0, 0.1) is 5.92 Å². The van der Waals surface area contributed by atoms with E-state index in [4.69, 9.17) is 13.9 Å². The van der Waals surface area contributed by atoms with E-state index in [2.05, 4.69) is 15.2 Å². The molecule has 7 nitrogen and oxygen atoms in total. The Hall–Kier alpha value is -2.90. The van der Waals surface area contributed by atoms with Crippen molar-refractivity contribution < 1.29 is 18.7 Å². The van der Waals surface area contributed by atoms with Crippen LogP contribution in [0.5, 0.6) is 5.75 Å². The van der Waals surface area contributed by atoms with E-state index in [1.54, 1.807) is 26.4 Å². The van der Waals surface area contributed by atoms with E-state index in [1.807, 2.05) is 30.3 Å². The first-order valence-electron chi connectivity index (χ1n) is 10.7. The molecule has 3 aromatic rings. The molecule has 2 aromatic carbocycles. The Morgan fingerprint density at radius 3 is 3.00 bits per heavy atom. The highest BCUT2D eigenvalue weighted by atomic mass is 16.5. The van der Waals surface area contributed by atoms with Gasteiger partial charge in [-0.1, -0.05) is 6.07 Å². The third-order valence-corrected chi connectivity index (χ3v) is 5.73. The zero-order valence-corrected chi connectivity index (χ0v) is 18.1. The van der Waals surface area contributed by atoms with Crippen LogP contribution >= 0.6 is 0 Å². The van der Waals surface area contributed by atoms with Gasteiger partial charge in [-0.25, -0.2) is 4.98 Å². The number of piperidine rings is 1. The van der Waals surface area contributed by atoms with E-state index >= 15 is 0 Å². The van der Waals surface area contributed by atoms with Gasteiger partial charge in [-0.15, -0.1) is 0 Å². The summed E-state index contributed by atoms with van der Waals surface area (Å²) in [5, 5.41) is 3.09. The minimum Gasteiger partial charge on any atom is -0.497 e. The molecule has 4 rings (SSSR count). The van der Waals surface area contributed by atoms with Crippen molar-refractivity contribution in [2.75, 3.05) is 47.0 Å². The molecule has 164 valence electrons. The minimum atomic E-state index is -0.0877. The van der Waals surface area contributed by atoms with E-state index in [9.17, 15) is 4.79 Å². The second-order valence-electron chi connectivity index (χ2n) is 7.95. The lowest BCUT2D eigenvalue weighted by Crippen LogP contribution is -2.42. The lowest BCUT2D eigenvalue weighted by Gasteiger charge is -2.32. The maximum absolute atomic E-state index is 12.7. The third-order valence-electron chi connectivity index (χ3n) is 5.73. The van der Waals surface area contributed by atoms with Crippen LogP contribution in [0.3, 0.4) is 0 Å². The molecule has 1 amide bonds. The van der Waals surface area contributed by atoms with Gasteiger partial charge in [0.05, 0.1) is 13.7 Å². The smallest absolute Gasteiger partial charge is 0.251 e. The van der Waals surface area contributed by atoms with E-state index < -0.39 is 0 Å². The number of hydrogen-bond donors (Lipinski definition) is 1. The van der Waals surface area contributed by atoms with Crippen LogP contribution in [-0.2, 0) is 4.74 Å². The number of oxazole rings is 1. The van der Waals surface area contributed by atoms with Gasteiger partial charge >= 0.3 is 0 Å². The summed E-state index contributed by atoms with van der Waals surface area (Å²) in [7, 11) is 3.35. The van der Waals surface area contributed by atoms with Crippen molar-refractivity contribution in [3.63, 3.8) is 0 Å². The SMILES string of the molecule is COCCN1CCC[C@H](CNC(=O)c2ccc3nc(-c4cccc(OC)c4)oc3c2)C1. The van der Waals surface area contributed by atoms with Crippen molar-refractivity contribution in [2.24, 2.45) is 5.92 Å². The van der Waals surface area contributed by atoms with E-state index in [-0.39, 0.29) is 5.91 Å². The topological polar surface area (TPSA) is 76.8 Å². The lowest BCUT2D eigenvalue weighted by atomic mass is 9.98. The Morgan fingerprint density at radius 2 is 2.16 bits per heavy atom. The Morgan fingerprint density at radius 1 is 1.26 bits per heavy atom. The standard InChI is InChI=1S/C24H29N3O4/c1-29-12-11-27-10-4-5-17(16-27)15-25-23(28)18-8-9-21-22(14-18)31-24(26-21)19-6-3-7-20(13-19)30-2/h3,6-9,13-14,17H,4-5,10-12,15-16H2,1-2H3,(H,25,28)/t17-/m1/s1. The molecule has 0 saturated carbocycles. The fourth-order valence-electron chi connectivity index (χ4n) is 4.03. The molecule has 1 N–H and O–H groups in total. The van der Waals surface area contributed by atoms with Crippen molar-refractivity contribution in [1.82, 2.24) is 15.2 Å². The molecule has 1 saturated heterocycles. The van der Waals surface area contributed by atoms with Gasteiger partial charge in [0.2, 0.25) is 5.89 Å². The molecule has 1 aliphatic heterocycles. The number of amides is 1. The Bertz CT molecular complexity index is 1030. The minimum absolute atomic E-state index is 0.0877. The second kappa shape index (κ2) is 9.94. The zero-order valence-electron chi connectivity index (χ0n) is 18.1. The van der Waals surface area contributed by atoms with Gasteiger partial charge in [0.25, 0.3) is 5.91 Å². The maximum atomic E-state index is 12.7. The number of carbonyl (C=O) groups is 1. The average Bonchev–Trinajstić information content (AvgIpc) is 3.25. The maximum Gasteiger partial charge on any atom is 0.251 e. The number of rotatable bonds is 8. The summed E-state index contributed by atoms with van der Waals surface area (Å²) in [4.78, 5) is 19.7. The number of nitrogens with one attached hydrogen (secondary N) is 1.